The van der Waals surface area contributed by atoms with Gasteiger partial charge in [0.05, 0.1) is 10.6 Å². The van der Waals surface area contributed by atoms with E-state index in [1.165, 1.54) is 18.2 Å². The van der Waals surface area contributed by atoms with Gasteiger partial charge in [-0.3, -0.25) is 19.7 Å². The Morgan fingerprint density at radius 3 is 2.67 bits per heavy atom. The molecule has 0 aromatic heterocycles. The Hall–Kier alpha value is -3.48. The summed E-state index contributed by atoms with van der Waals surface area (Å²) >= 11 is 0. The van der Waals surface area contributed by atoms with Crippen LogP contribution in [0, 0.1) is 10.1 Å². The van der Waals surface area contributed by atoms with E-state index < -0.39 is 4.92 Å². The topological polar surface area (TPSA) is 98.5 Å². The van der Waals surface area contributed by atoms with E-state index in [9.17, 15) is 19.7 Å². The molecule has 7 heteroatoms. The maximum absolute atomic E-state index is 12.2. The molecule has 2 aromatic carbocycles. The van der Waals surface area contributed by atoms with Crippen LogP contribution in [0.1, 0.15) is 15.9 Å². The van der Waals surface area contributed by atoms with E-state index in [0.29, 0.717) is 22.6 Å². The molecule has 1 aliphatic rings. The van der Waals surface area contributed by atoms with Crippen LogP contribution in [0.2, 0.25) is 0 Å². The second-order valence-corrected chi connectivity index (χ2v) is 5.09. The number of non-ortho nitro benzene ring substituents is 1. The fraction of sp³-hybridized carbons (Fsp3) is 0.0588. The number of benzene rings is 2. The van der Waals surface area contributed by atoms with Crippen LogP contribution in [0.25, 0.3) is 6.08 Å². The summed E-state index contributed by atoms with van der Waals surface area (Å²) in [7, 11) is 0. The number of rotatable bonds is 4. The number of nitrogens with zero attached hydrogens (tertiary/aromatic N) is 1. The molecule has 0 unspecified atom stereocenters. The van der Waals surface area contributed by atoms with Crippen LogP contribution in [-0.4, -0.2) is 23.2 Å². The van der Waals surface area contributed by atoms with E-state index >= 15 is 0 Å². The summed E-state index contributed by atoms with van der Waals surface area (Å²) < 4.78 is 5.23. The number of carbonyl (C=O) groups is 2. The van der Waals surface area contributed by atoms with Crippen LogP contribution >= 0.6 is 0 Å². The Morgan fingerprint density at radius 2 is 1.96 bits per heavy atom. The molecule has 1 N–H and O–H groups in total. The predicted octanol–water partition coefficient (Wildman–Crippen LogP) is 2.82. The van der Waals surface area contributed by atoms with Crippen molar-refractivity contribution in [3.8, 4) is 5.75 Å². The van der Waals surface area contributed by atoms with Crippen molar-refractivity contribution in [2.45, 2.75) is 0 Å². The van der Waals surface area contributed by atoms with Gasteiger partial charge in [-0.15, -0.1) is 0 Å². The number of ether oxygens (including phenoxy) is 1. The van der Waals surface area contributed by atoms with Crippen molar-refractivity contribution in [3.05, 3.63) is 69.8 Å². The largest absolute Gasteiger partial charge is 0.482 e. The van der Waals surface area contributed by atoms with Gasteiger partial charge < -0.3 is 10.1 Å². The molecule has 7 nitrogen and oxygen atoms in total. The third-order valence-electron chi connectivity index (χ3n) is 3.43. The zero-order valence-electron chi connectivity index (χ0n) is 12.4. The lowest BCUT2D eigenvalue weighted by molar-refractivity contribution is -0.384. The summed E-state index contributed by atoms with van der Waals surface area (Å²) in [5.74, 6) is -0.00463. The molecule has 1 amide bonds. The second-order valence-electron chi connectivity index (χ2n) is 5.09. The first-order valence-electron chi connectivity index (χ1n) is 7.06. The normalized spacial score (nSPS) is 13.1. The average Bonchev–Trinajstić information content (AvgIpc) is 2.59. The fourth-order valence-electron chi connectivity index (χ4n) is 2.21. The summed E-state index contributed by atoms with van der Waals surface area (Å²) in [5, 5.41) is 13.2. The Balaban J connectivity index is 1.76. The van der Waals surface area contributed by atoms with Gasteiger partial charge >= 0.3 is 0 Å². The van der Waals surface area contributed by atoms with E-state index in [2.05, 4.69) is 5.32 Å². The number of amides is 1. The molecule has 1 heterocycles. The summed E-state index contributed by atoms with van der Waals surface area (Å²) in [6, 6.07) is 10.6. The molecule has 120 valence electrons. The SMILES string of the molecule is O=C1COc2ccc(C(=O)C=Cc3ccc([N+](=O)[O-])cc3)cc2N1. The van der Waals surface area contributed by atoms with Gasteiger partial charge in [-0.2, -0.15) is 0 Å². The molecule has 0 atom stereocenters. The molecule has 2 aromatic rings. The molecule has 0 saturated heterocycles. The highest BCUT2D eigenvalue weighted by Crippen LogP contribution is 2.28. The second kappa shape index (κ2) is 6.33. The van der Waals surface area contributed by atoms with Crippen molar-refractivity contribution < 1.29 is 19.2 Å². The Morgan fingerprint density at radius 1 is 1.21 bits per heavy atom. The molecule has 0 radical (unpaired) electrons. The van der Waals surface area contributed by atoms with Crippen LogP contribution in [0.5, 0.6) is 5.75 Å². The highest BCUT2D eigenvalue weighted by molar-refractivity contribution is 6.08. The molecule has 24 heavy (non-hydrogen) atoms. The number of nitro benzene ring substituents is 1. The molecule has 0 saturated carbocycles. The van der Waals surface area contributed by atoms with Crippen molar-refractivity contribution in [1.82, 2.24) is 0 Å². The standard InChI is InChI=1S/C17H12N2O5/c20-15(7-3-11-1-5-13(6-2-11)19(22)23)12-4-8-16-14(9-12)18-17(21)10-24-16/h1-9H,10H2,(H,18,21). The maximum Gasteiger partial charge on any atom is 0.269 e. The van der Waals surface area contributed by atoms with Gasteiger partial charge in [0.15, 0.2) is 12.4 Å². The van der Waals surface area contributed by atoms with E-state index in [1.807, 2.05) is 0 Å². The lowest BCUT2D eigenvalue weighted by Gasteiger charge is -2.17. The van der Waals surface area contributed by atoms with Crippen LogP contribution < -0.4 is 10.1 Å². The van der Waals surface area contributed by atoms with E-state index in [4.69, 9.17) is 4.74 Å². The highest BCUT2D eigenvalue weighted by atomic mass is 16.6. The minimum Gasteiger partial charge on any atom is -0.482 e. The zero-order chi connectivity index (χ0) is 17.1. The van der Waals surface area contributed by atoms with Gasteiger partial charge in [0.2, 0.25) is 0 Å². The predicted molar refractivity (Wildman–Crippen MR) is 87.0 cm³/mol. The van der Waals surface area contributed by atoms with Crippen LogP contribution in [0.4, 0.5) is 11.4 Å². The quantitative estimate of drug-likeness (QED) is 0.403. The smallest absolute Gasteiger partial charge is 0.269 e. The number of anilines is 1. The van der Waals surface area contributed by atoms with Gasteiger partial charge in [0.1, 0.15) is 5.75 Å². The van der Waals surface area contributed by atoms with E-state index in [0.717, 1.165) is 0 Å². The first-order chi connectivity index (χ1) is 11.5. The number of ketones is 1. The number of hydrogen-bond donors (Lipinski definition) is 1. The number of hydrogen-bond acceptors (Lipinski definition) is 5. The van der Waals surface area contributed by atoms with Gasteiger partial charge in [0, 0.05) is 17.7 Å². The van der Waals surface area contributed by atoms with Crippen LogP contribution in [-0.2, 0) is 4.79 Å². The molecule has 1 aliphatic heterocycles. The number of allylic oxidation sites excluding steroid dienone is 1. The van der Waals surface area contributed by atoms with Crippen LogP contribution in [0.3, 0.4) is 0 Å². The molecule has 0 spiro atoms. The Labute approximate surface area is 136 Å². The summed E-state index contributed by atoms with van der Waals surface area (Å²) in [6.07, 6.45) is 2.94. The van der Waals surface area contributed by atoms with Crippen LogP contribution in [0.15, 0.2) is 48.5 Å². The van der Waals surface area contributed by atoms with E-state index in [-0.39, 0.29) is 24.0 Å². The fourth-order valence-corrected chi connectivity index (χ4v) is 2.21. The van der Waals surface area contributed by atoms with Gasteiger partial charge in [-0.25, -0.2) is 0 Å². The lowest BCUT2D eigenvalue weighted by Crippen LogP contribution is -2.25. The number of carbonyl (C=O) groups excluding carboxylic acids is 2. The van der Waals surface area contributed by atoms with E-state index in [1.54, 1.807) is 36.4 Å². The monoisotopic (exact) mass is 324 g/mol. The molecule has 0 bridgehead atoms. The molecular weight excluding hydrogens is 312 g/mol. The first-order valence-corrected chi connectivity index (χ1v) is 7.06. The maximum atomic E-state index is 12.2. The summed E-state index contributed by atoms with van der Waals surface area (Å²) in [6.45, 7) is -0.0413. The molecule has 3 rings (SSSR count). The van der Waals surface area contributed by atoms with Crippen molar-refractivity contribution in [1.29, 1.82) is 0 Å². The molecular formula is C17H12N2O5. The molecule has 0 fully saturated rings. The highest BCUT2D eigenvalue weighted by Gasteiger charge is 2.17. The van der Waals surface area contributed by atoms with Gasteiger partial charge in [-0.05, 0) is 42.0 Å². The minimum atomic E-state index is -0.484. The lowest BCUT2D eigenvalue weighted by atomic mass is 10.1. The van der Waals surface area contributed by atoms with Crippen molar-refractivity contribution >= 4 is 29.1 Å². The number of nitrogens with one attached hydrogen (secondary N) is 1. The third kappa shape index (κ3) is 3.30. The Bertz CT molecular complexity index is 856. The van der Waals surface area contributed by atoms with Gasteiger partial charge in [0.25, 0.3) is 11.6 Å². The van der Waals surface area contributed by atoms with Crippen molar-refractivity contribution in [2.24, 2.45) is 0 Å². The first kappa shape index (κ1) is 15.4. The van der Waals surface area contributed by atoms with Crippen molar-refractivity contribution in [3.63, 3.8) is 0 Å². The third-order valence-corrected chi connectivity index (χ3v) is 3.43. The van der Waals surface area contributed by atoms with Crippen molar-refractivity contribution in [2.75, 3.05) is 11.9 Å². The number of fused-ring (bicyclic) bond motifs is 1. The number of nitro groups is 1. The zero-order valence-corrected chi connectivity index (χ0v) is 12.4. The Kier molecular flexibility index (Phi) is 4.07. The average molecular weight is 324 g/mol. The summed E-state index contributed by atoms with van der Waals surface area (Å²) in [4.78, 5) is 33.6. The summed E-state index contributed by atoms with van der Waals surface area (Å²) in [5.41, 5.74) is 1.52. The van der Waals surface area contributed by atoms with Gasteiger partial charge in [-0.1, -0.05) is 6.08 Å². The molecule has 0 aliphatic carbocycles. The minimum absolute atomic E-state index is 0.0103.